The van der Waals surface area contributed by atoms with Gasteiger partial charge in [0.2, 0.25) is 15.9 Å². The van der Waals surface area contributed by atoms with E-state index in [2.05, 4.69) is 5.32 Å². The molecule has 6 nitrogen and oxygen atoms in total. The summed E-state index contributed by atoms with van der Waals surface area (Å²) in [5.74, 6) is 0.347. The molecule has 3 aromatic carbocycles. The van der Waals surface area contributed by atoms with Gasteiger partial charge in [0.1, 0.15) is 5.75 Å². The van der Waals surface area contributed by atoms with Crippen LogP contribution in [-0.4, -0.2) is 38.8 Å². The molecule has 0 unspecified atom stereocenters. The number of carbonyl (C=O) groups excluding carboxylic acids is 1. The first-order valence-corrected chi connectivity index (χ1v) is 12.8. The van der Waals surface area contributed by atoms with Crippen molar-refractivity contribution in [2.24, 2.45) is 0 Å². The molecule has 9 heteroatoms. The lowest BCUT2D eigenvalue weighted by atomic mass is 10.1. The van der Waals surface area contributed by atoms with Gasteiger partial charge in [-0.25, -0.2) is 8.42 Å². The summed E-state index contributed by atoms with van der Waals surface area (Å²) < 4.78 is 33.0. The van der Waals surface area contributed by atoms with Gasteiger partial charge in [0.05, 0.1) is 18.6 Å². The molecule has 0 saturated heterocycles. The first-order chi connectivity index (χ1) is 16.2. The van der Waals surface area contributed by atoms with Crippen LogP contribution in [0.4, 0.5) is 0 Å². The van der Waals surface area contributed by atoms with E-state index < -0.39 is 15.9 Å². The standard InChI is InChI=1S/C25H26Cl2N2O4S/c1-18-3-11-23(12-4-18)34(31,32)29(16-20-7-8-21(26)15-24(20)27)17-25(30)28-14-13-19-5-9-22(33-2)10-6-19/h3-12,15H,13-14,16-17H2,1-2H3,(H,28,30). The molecule has 0 radical (unpaired) electrons. The first kappa shape index (κ1) is 26.0. The Hall–Kier alpha value is -2.58. The number of hydrogen-bond acceptors (Lipinski definition) is 4. The van der Waals surface area contributed by atoms with Gasteiger partial charge in [-0.2, -0.15) is 4.31 Å². The maximum absolute atomic E-state index is 13.4. The molecule has 0 aliphatic heterocycles. The van der Waals surface area contributed by atoms with Crippen molar-refractivity contribution in [3.63, 3.8) is 0 Å². The van der Waals surface area contributed by atoms with Crippen LogP contribution in [0, 0.1) is 6.92 Å². The number of halogens is 2. The molecule has 0 aromatic heterocycles. The Labute approximate surface area is 210 Å². The molecule has 1 amide bonds. The Morgan fingerprint density at radius 1 is 1.00 bits per heavy atom. The lowest BCUT2D eigenvalue weighted by Crippen LogP contribution is -2.40. The van der Waals surface area contributed by atoms with Gasteiger partial charge in [-0.1, -0.05) is 59.1 Å². The first-order valence-electron chi connectivity index (χ1n) is 10.6. The number of carbonyl (C=O) groups is 1. The number of rotatable bonds is 10. The number of benzene rings is 3. The van der Waals surface area contributed by atoms with E-state index in [1.165, 1.54) is 12.1 Å². The Kier molecular flexibility index (Phi) is 8.97. The summed E-state index contributed by atoms with van der Waals surface area (Å²) in [5, 5.41) is 3.57. The summed E-state index contributed by atoms with van der Waals surface area (Å²) >= 11 is 12.3. The topological polar surface area (TPSA) is 75.7 Å². The van der Waals surface area contributed by atoms with Crippen molar-refractivity contribution in [3.05, 3.63) is 93.5 Å². The van der Waals surface area contributed by atoms with Gasteiger partial charge < -0.3 is 10.1 Å². The highest BCUT2D eigenvalue weighted by atomic mass is 35.5. The minimum Gasteiger partial charge on any atom is -0.497 e. The van der Waals surface area contributed by atoms with Gasteiger partial charge in [0.15, 0.2) is 0 Å². The second kappa shape index (κ2) is 11.7. The molecule has 0 atom stereocenters. The molecule has 0 bridgehead atoms. The fraction of sp³-hybridized carbons (Fsp3) is 0.240. The molecule has 180 valence electrons. The number of amides is 1. The summed E-state index contributed by atoms with van der Waals surface area (Å²) in [5.41, 5.74) is 2.51. The van der Waals surface area contributed by atoms with Gasteiger partial charge in [-0.3, -0.25) is 4.79 Å². The molecule has 0 spiro atoms. The number of methoxy groups -OCH3 is 1. The zero-order valence-corrected chi connectivity index (χ0v) is 21.3. The highest BCUT2D eigenvalue weighted by Crippen LogP contribution is 2.25. The van der Waals surface area contributed by atoms with Crippen LogP contribution in [0.3, 0.4) is 0 Å². The van der Waals surface area contributed by atoms with Gasteiger partial charge >= 0.3 is 0 Å². The van der Waals surface area contributed by atoms with Gasteiger partial charge in [-0.05, 0) is 60.9 Å². The van der Waals surface area contributed by atoms with Crippen molar-refractivity contribution in [2.75, 3.05) is 20.2 Å². The van der Waals surface area contributed by atoms with Crippen LogP contribution >= 0.6 is 23.2 Å². The molecular weight excluding hydrogens is 495 g/mol. The third-order valence-corrected chi connectivity index (χ3v) is 7.63. The molecule has 3 aromatic rings. The van der Waals surface area contributed by atoms with E-state index in [1.54, 1.807) is 37.4 Å². The SMILES string of the molecule is COc1ccc(CCNC(=O)CN(Cc2ccc(Cl)cc2Cl)S(=O)(=O)c2ccc(C)cc2)cc1. The van der Waals surface area contributed by atoms with E-state index in [4.69, 9.17) is 27.9 Å². The summed E-state index contributed by atoms with van der Waals surface area (Å²) in [6.45, 7) is 1.82. The van der Waals surface area contributed by atoms with E-state index in [9.17, 15) is 13.2 Å². The molecule has 1 N–H and O–H groups in total. The maximum Gasteiger partial charge on any atom is 0.243 e. The number of sulfonamides is 1. The largest absolute Gasteiger partial charge is 0.497 e. The number of nitrogens with zero attached hydrogens (tertiary/aromatic N) is 1. The summed E-state index contributed by atoms with van der Waals surface area (Å²) in [7, 11) is -2.36. The highest BCUT2D eigenvalue weighted by Gasteiger charge is 2.27. The Morgan fingerprint density at radius 2 is 1.68 bits per heavy atom. The predicted molar refractivity (Wildman–Crippen MR) is 135 cm³/mol. The third-order valence-electron chi connectivity index (χ3n) is 5.24. The van der Waals surface area contributed by atoms with Crippen molar-refractivity contribution in [1.29, 1.82) is 0 Å². The van der Waals surface area contributed by atoms with Crippen molar-refractivity contribution >= 4 is 39.1 Å². The van der Waals surface area contributed by atoms with E-state index in [0.29, 0.717) is 28.6 Å². The fourth-order valence-electron chi connectivity index (χ4n) is 3.28. The molecule has 0 fully saturated rings. The van der Waals surface area contributed by atoms with Gasteiger partial charge in [0, 0.05) is 23.1 Å². The van der Waals surface area contributed by atoms with Crippen LogP contribution in [0.5, 0.6) is 5.75 Å². The van der Waals surface area contributed by atoms with Crippen LogP contribution in [0.15, 0.2) is 71.6 Å². The minimum atomic E-state index is -3.96. The van der Waals surface area contributed by atoms with Crippen LogP contribution in [0.2, 0.25) is 10.0 Å². The van der Waals surface area contributed by atoms with Crippen LogP contribution < -0.4 is 10.1 Å². The maximum atomic E-state index is 13.4. The van der Waals surface area contributed by atoms with Crippen molar-refractivity contribution in [2.45, 2.75) is 24.8 Å². The monoisotopic (exact) mass is 520 g/mol. The zero-order valence-electron chi connectivity index (χ0n) is 18.9. The normalized spacial score (nSPS) is 11.4. The second-order valence-corrected chi connectivity index (χ2v) is 10.6. The average Bonchev–Trinajstić information content (AvgIpc) is 2.81. The quantitative estimate of drug-likeness (QED) is 0.414. The lowest BCUT2D eigenvalue weighted by Gasteiger charge is -2.22. The van der Waals surface area contributed by atoms with Crippen LogP contribution in [0.25, 0.3) is 0 Å². The molecule has 0 aliphatic carbocycles. The Morgan fingerprint density at radius 3 is 2.29 bits per heavy atom. The molecular formula is C25H26Cl2N2O4S. The average molecular weight is 521 g/mol. The molecule has 0 heterocycles. The third kappa shape index (κ3) is 6.96. The Bertz CT molecular complexity index is 1230. The Balaban J connectivity index is 1.74. The number of ether oxygens (including phenoxy) is 1. The number of hydrogen-bond donors (Lipinski definition) is 1. The van der Waals surface area contributed by atoms with Crippen LogP contribution in [-0.2, 0) is 27.8 Å². The number of aryl methyl sites for hydroxylation is 1. The summed E-state index contributed by atoms with van der Waals surface area (Å²) in [6, 6.07) is 18.9. The smallest absolute Gasteiger partial charge is 0.243 e. The second-order valence-electron chi connectivity index (χ2n) is 7.77. The van der Waals surface area contributed by atoms with E-state index in [0.717, 1.165) is 21.2 Å². The zero-order chi connectivity index (χ0) is 24.7. The van der Waals surface area contributed by atoms with Gasteiger partial charge in [0.25, 0.3) is 0 Å². The van der Waals surface area contributed by atoms with Crippen LogP contribution in [0.1, 0.15) is 16.7 Å². The molecule has 34 heavy (non-hydrogen) atoms. The van der Waals surface area contributed by atoms with E-state index in [1.807, 2.05) is 31.2 Å². The van der Waals surface area contributed by atoms with E-state index >= 15 is 0 Å². The van der Waals surface area contributed by atoms with Crippen molar-refractivity contribution in [1.82, 2.24) is 9.62 Å². The van der Waals surface area contributed by atoms with Gasteiger partial charge in [-0.15, -0.1) is 0 Å². The highest BCUT2D eigenvalue weighted by molar-refractivity contribution is 7.89. The van der Waals surface area contributed by atoms with E-state index in [-0.39, 0.29) is 18.0 Å². The summed E-state index contributed by atoms with van der Waals surface area (Å²) in [4.78, 5) is 12.8. The molecule has 0 saturated carbocycles. The minimum absolute atomic E-state index is 0.0713. The van der Waals surface area contributed by atoms with Crippen molar-refractivity contribution in [3.8, 4) is 5.75 Å². The molecule has 3 rings (SSSR count). The number of nitrogens with one attached hydrogen (secondary N) is 1. The van der Waals surface area contributed by atoms with Crippen molar-refractivity contribution < 1.29 is 17.9 Å². The predicted octanol–water partition coefficient (Wildman–Crippen LogP) is 4.86. The molecule has 0 aliphatic rings. The summed E-state index contributed by atoms with van der Waals surface area (Å²) in [6.07, 6.45) is 0.601. The fourth-order valence-corrected chi connectivity index (χ4v) is 5.12. The lowest BCUT2D eigenvalue weighted by molar-refractivity contribution is -0.121.